The first kappa shape index (κ1) is 8.02. The third kappa shape index (κ3) is 1.96. The van der Waals surface area contributed by atoms with E-state index in [-0.39, 0.29) is 6.10 Å². The van der Waals surface area contributed by atoms with Crippen LogP contribution in [0.2, 0.25) is 0 Å². The number of rotatable bonds is 1. The zero-order valence-electron chi connectivity index (χ0n) is 6.23. The number of allylic oxidation sites excluding steroid dienone is 2. The molecule has 0 spiro atoms. The maximum absolute atomic E-state index is 5.18. The summed E-state index contributed by atoms with van der Waals surface area (Å²) in [6.45, 7) is 2.11. The number of ether oxygens (including phenoxy) is 1. The smallest absolute Gasteiger partial charge is 0.0802 e. The Morgan fingerprint density at radius 3 is 2.90 bits per heavy atom. The van der Waals surface area contributed by atoms with Crippen LogP contribution in [0, 0.1) is 0 Å². The Labute approximate surface area is 69.9 Å². The SMILES string of the molecule is COC1C=C(Br)C=C(C)C1. The number of hydrogen-bond donors (Lipinski definition) is 0. The minimum atomic E-state index is 0.263. The summed E-state index contributed by atoms with van der Waals surface area (Å²) in [6, 6.07) is 0. The van der Waals surface area contributed by atoms with E-state index in [1.54, 1.807) is 7.11 Å². The largest absolute Gasteiger partial charge is 0.377 e. The van der Waals surface area contributed by atoms with Gasteiger partial charge in [0.25, 0.3) is 0 Å². The summed E-state index contributed by atoms with van der Waals surface area (Å²) in [4.78, 5) is 0. The fourth-order valence-electron chi connectivity index (χ4n) is 1.05. The van der Waals surface area contributed by atoms with Crippen molar-refractivity contribution >= 4 is 15.9 Å². The molecule has 1 aliphatic carbocycles. The first-order valence-corrected chi connectivity index (χ1v) is 4.09. The van der Waals surface area contributed by atoms with Crippen molar-refractivity contribution in [3.05, 3.63) is 22.2 Å². The van der Waals surface area contributed by atoms with Crippen molar-refractivity contribution in [2.45, 2.75) is 19.4 Å². The van der Waals surface area contributed by atoms with Crippen LogP contribution in [0.25, 0.3) is 0 Å². The van der Waals surface area contributed by atoms with Crippen LogP contribution in [0.15, 0.2) is 22.2 Å². The summed E-state index contributed by atoms with van der Waals surface area (Å²) in [5.41, 5.74) is 1.36. The standard InChI is InChI=1S/C8H11BrO/c1-6-3-7(9)5-8(4-6)10-2/h3,5,8H,4H2,1-2H3. The van der Waals surface area contributed by atoms with Gasteiger partial charge in [0.05, 0.1) is 6.10 Å². The van der Waals surface area contributed by atoms with Gasteiger partial charge in [-0.15, -0.1) is 0 Å². The van der Waals surface area contributed by atoms with Gasteiger partial charge in [0, 0.05) is 11.6 Å². The lowest BCUT2D eigenvalue weighted by atomic mass is 10.0. The van der Waals surface area contributed by atoms with E-state index < -0.39 is 0 Å². The number of hydrogen-bond acceptors (Lipinski definition) is 1. The number of methoxy groups -OCH3 is 1. The van der Waals surface area contributed by atoms with Crippen LogP contribution in [0.3, 0.4) is 0 Å². The second-order valence-electron chi connectivity index (χ2n) is 2.52. The highest BCUT2D eigenvalue weighted by molar-refractivity contribution is 9.11. The molecule has 10 heavy (non-hydrogen) atoms. The Morgan fingerprint density at radius 1 is 1.70 bits per heavy atom. The molecule has 2 heteroatoms. The lowest BCUT2D eigenvalue weighted by Crippen LogP contribution is -2.10. The summed E-state index contributed by atoms with van der Waals surface area (Å²) in [5, 5.41) is 0. The molecule has 0 saturated heterocycles. The van der Waals surface area contributed by atoms with Crippen LogP contribution < -0.4 is 0 Å². The van der Waals surface area contributed by atoms with E-state index in [2.05, 4.69) is 35.0 Å². The van der Waals surface area contributed by atoms with Crippen LogP contribution >= 0.6 is 15.9 Å². The highest BCUT2D eigenvalue weighted by Crippen LogP contribution is 2.22. The van der Waals surface area contributed by atoms with E-state index in [4.69, 9.17) is 4.74 Å². The predicted molar refractivity (Wildman–Crippen MR) is 46.2 cm³/mol. The molecule has 0 heterocycles. The van der Waals surface area contributed by atoms with Gasteiger partial charge in [-0.05, 0) is 25.5 Å². The summed E-state index contributed by atoms with van der Waals surface area (Å²) < 4.78 is 6.31. The minimum Gasteiger partial charge on any atom is -0.377 e. The van der Waals surface area contributed by atoms with Gasteiger partial charge < -0.3 is 4.74 Å². The van der Waals surface area contributed by atoms with E-state index in [1.165, 1.54) is 5.57 Å². The highest BCUT2D eigenvalue weighted by Gasteiger charge is 2.09. The Morgan fingerprint density at radius 2 is 2.40 bits per heavy atom. The van der Waals surface area contributed by atoms with Gasteiger partial charge in [0.1, 0.15) is 0 Å². The molecule has 0 aromatic rings. The van der Waals surface area contributed by atoms with Gasteiger partial charge in [0.15, 0.2) is 0 Å². The molecule has 1 atom stereocenters. The summed E-state index contributed by atoms with van der Waals surface area (Å²) >= 11 is 3.41. The zero-order chi connectivity index (χ0) is 7.56. The molecule has 1 rings (SSSR count). The van der Waals surface area contributed by atoms with Crippen molar-refractivity contribution in [3.63, 3.8) is 0 Å². The van der Waals surface area contributed by atoms with Crippen molar-refractivity contribution in [1.29, 1.82) is 0 Å². The molecule has 0 aromatic heterocycles. The summed E-state index contributed by atoms with van der Waals surface area (Å²) in [5.74, 6) is 0. The molecule has 0 bridgehead atoms. The molecule has 0 fully saturated rings. The Bertz CT molecular complexity index is 182. The second kappa shape index (κ2) is 3.35. The van der Waals surface area contributed by atoms with Gasteiger partial charge in [-0.1, -0.05) is 21.5 Å². The van der Waals surface area contributed by atoms with Crippen LogP contribution in [0.4, 0.5) is 0 Å². The lowest BCUT2D eigenvalue weighted by molar-refractivity contribution is 0.140. The van der Waals surface area contributed by atoms with Gasteiger partial charge >= 0.3 is 0 Å². The molecule has 0 aromatic carbocycles. The van der Waals surface area contributed by atoms with Crippen molar-refractivity contribution < 1.29 is 4.74 Å². The highest BCUT2D eigenvalue weighted by atomic mass is 79.9. The van der Waals surface area contributed by atoms with E-state index in [0.717, 1.165) is 10.9 Å². The van der Waals surface area contributed by atoms with Crippen LogP contribution in [0.5, 0.6) is 0 Å². The van der Waals surface area contributed by atoms with E-state index in [1.807, 2.05) is 0 Å². The summed E-state index contributed by atoms with van der Waals surface area (Å²) in [6.07, 6.45) is 5.48. The normalized spacial score (nSPS) is 25.7. The van der Waals surface area contributed by atoms with Crippen LogP contribution in [-0.2, 0) is 4.74 Å². The monoisotopic (exact) mass is 202 g/mol. The lowest BCUT2D eigenvalue weighted by Gasteiger charge is -2.15. The third-order valence-corrected chi connectivity index (χ3v) is 2.05. The molecule has 56 valence electrons. The zero-order valence-corrected chi connectivity index (χ0v) is 7.81. The fraction of sp³-hybridized carbons (Fsp3) is 0.500. The number of halogens is 1. The molecule has 0 radical (unpaired) electrons. The molecular formula is C8H11BrO. The van der Waals surface area contributed by atoms with Crippen molar-refractivity contribution in [3.8, 4) is 0 Å². The van der Waals surface area contributed by atoms with Crippen molar-refractivity contribution in [2.75, 3.05) is 7.11 Å². The van der Waals surface area contributed by atoms with E-state index in [0.29, 0.717) is 0 Å². The molecule has 0 N–H and O–H groups in total. The average Bonchev–Trinajstić information content (AvgIpc) is 1.85. The minimum absolute atomic E-state index is 0.263. The molecule has 0 saturated carbocycles. The summed E-state index contributed by atoms with van der Waals surface area (Å²) in [7, 11) is 1.74. The average molecular weight is 203 g/mol. The van der Waals surface area contributed by atoms with Crippen LogP contribution in [0.1, 0.15) is 13.3 Å². The predicted octanol–water partition coefficient (Wildman–Crippen LogP) is 2.63. The quantitative estimate of drug-likeness (QED) is 0.636. The topological polar surface area (TPSA) is 9.23 Å². The second-order valence-corrected chi connectivity index (χ2v) is 3.44. The van der Waals surface area contributed by atoms with Gasteiger partial charge in [-0.25, -0.2) is 0 Å². The molecular weight excluding hydrogens is 192 g/mol. The van der Waals surface area contributed by atoms with Crippen LogP contribution in [-0.4, -0.2) is 13.2 Å². The third-order valence-electron chi connectivity index (χ3n) is 1.56. The first-order valence-electron chi connectivity index (χ1n) is 3.29. The Kier molecular flexibility index (Phi) is 2.69. The van der Waals surface area contributed by atoms with Gasteiger partial charge in [-0.2, -0.15) is 0 Å². The molecule has 0 amide bonds. The van der Waals surface area contributed by atoms with E-state index in [9.17, 15) is 0 Å². The molecule has 1 unspecified atom stereocenters. The molecule has 1 nitrogen and oxygen atoms in total. The van der Waals surface area contributed by atoms with Crippen molar-refractivity contribution in [2.24, 2.45) is 0 Å². The van der Waals surface area contributed by atoms with E-state index >= 15 is 0 Å². The molecule has 1 aliphatic rings. The molecule has 0 aliphatic heterocycles. The maximum atomic E-state index is 5.18. The van der Waals surface area contributed by atoms with Gasteiger partial charge in [-0.3, -0.25) is 0 Å². The Balaban J connectivity index is 2.67. The first-order chi connectivity index (χ1) is 4.72. The van der Waals surface area contributed by atoms with Crippen molar-refractivity contribution in [1.82, 2.24) is 0 Å². The fourth-order valence-corrected chi connectivity index (χ4v) is 1.73. The van der Waals surface area contributed by atoms with Gasteiger partial charge in [0.2, 0.25) is 0 Å². The maximum Gasteiger partial charge on any atom is 0.0802 e. The Hall–Kier alpha value is -0.0800.